The number of piperidine rings is 4. The number of hydrogen-bond donors (Lipinski definition) is 7. The van der Waals surface area contributed by atoms with Crippen molar-refractivity contribution in [2.45, 2.75) is 189 Å². The Morgan fingerprint density at radius 1 is 0.447 bits per heavy atom. The summed E-state index contributed by atoms with van der Waals surface area (Å²) < 4.78 is 307. The zero-order chi connectivity index (χ0) is 92.0. The minimum atomic E-state index is -4.78. The first kappa shape index (κ1) is 100. The number of nitrogens with zero attached hydrogens (tertiary/aromatic N) is 9. The number of carbonyl (C=O) groups is 3. The number of rotatable bonds is 18. The molecule has 4 aliphatic heterocycles. The fourth-order valence-electron chi connectivity index (χ4n) is 13.3. The Morgan fingerprint density at radius 2 is 0.724 bits per heavy atom. The molecule has 678 valence electrons. The minimum absolute atomic E-state index is 0.0260. The van der Waals surface area contributed by atoms with Crippen LogP contribution in [0.15, 0.2) is 123 Å². The van der Waals surface area contributed by atoms with Crippen molar-refractivity contribution in [2.24, 2.45) is 0 Å². The molecule has 7 N–H and O–H groups in total. The fourth-order valence-corrected chi connectivity index (χ4v) is 13.4. The van der Waals surface area contributed by atoms with Crippen molar-refractivity contribution in [3.05, 3.63) is 207 Å². The van der Waals surface area contributed by atoms with E-state index in [0.717, 1.165) is 67.6 Å². The summed E-state index contributed by atoms with van der Waals surface area (Å²) in [5.74, 6) is -20.9. The average molecular weight is 1850 g/mol. The first-order valence-corrected chi connectivity index (χ1v) is 38.0. The molecule has 0 aromatic carbocycles. The molecule has 7 atom stereocenters. The molecule has 4 aliphatic rings. The highest BCUT2D eigenvalue weighted by Crippen LogP contribution is 2.44. The highest BCUT2D eigenvalue weighted by Gasteiger charge is 2.50. The average Bonchev–Trinajstić information content (AvgIpc) is 0.783. The van der Waals surface area contributed by atoms with Gasteiger partial charge in [0.25, 0.3) is 45.9 Å². The molecule has 0 radical (unpaired) electrons. The van der Waals surface area contributed by atoms with Crippen LogP contribution in [-0.4, -0.2) is 189 Å². The van der Waals surface area contributed by atoms with E-state index in [2.05, 4.69) is 57.5 Å². The Hall–Kier alpha value is -9.71. The predicted molar refractivity (Wildman–Crippen MR) is 402 cm³/mol. The lowest BCUT2D eigenvalue weighted by Crippen LogP contribution is -2.52. The number of anilines is 3. The standard InChI is InChI=1S/C21H22F6N4O3.C21H22F6N4O2.C13H15F5N2O2.C13H15F5N2O.C8H8BrFN2O/c1-12(18(33)29-17-3-2-15(22)7-28-17)30-5-4-20(23,24)16(9-30)13-6-14(10-32)19(34)31(8-13)11-21(25,26)27;1-12-7-14(9-31(19(12)33)11-21(25,26)27)16-10-30(6-5-20(16,23)24)13(2)18(32)29-17-4-3-15(22)8-28-17;14-12(15)1-2-19-4-10(12)8-3-9(6-21)11(22)20(5-8)7-13(16,17)18;1-8-4-9(10-5-19-3-2-12(10,14)15)6-20(11(8)21)7-13(16,17)18;1-5(9)8(13)12-7-3-2-6(10)4-11-7/h2-3,6-8,12,16,32H,4-5,9-11H2,1H3,(H,28,29,33);3-4,7-9,13,16H,5-6,10-11H2,1-2H3,(H,28,29,32);3,5,10,19,21H,1-2,4,6-7H2;4,6,10,19H,2-3,5,7H2,1H3;2-5H,1H3,(H,11,12,13)/t12-,16?;13-,16?;;;5-/m00..1/s1. The highest BCUT2D eigenvalue weighted by molar-refractivity contribution is 9.10. The van der Waals surface area contributed by atoms with Crippen LogP contribution in [0.4, 0.5) is 118 Å². The predicted octanol–water partition coefficient (Wildman–Crippen LogP) is 12.6. The van der Waals surface area contributed by atoms with Gasteiger partial charge in [-0.3, -0.25) is 43.4 Å². The molecule has 47 heteroatoms. The second-order valence-electron chi connectivity index (χ2n) is 29.2. The Labute approximate surface area is 692 Å². The van der Waals surface area contributed by atoms with Gasteiger partial charge in [0.2, 0.25) is 17.7 Å². The van der Waals surface area contributed by atoms with Gasteiger partial charge in [-0.1, -0.05) is 15.9 Å². The summed E-state index contributed by atoms with van der Waals surface area (Å²) in [6.45, 7) is -1.73. The van der Waals surface area contributed by atoms with Crippen molar-refractivity contribution in [3.8, 4) is 0 Å². The van der Waals surface area contributed by atoms with Crippen molar-refractivity contribution in [1.82, 2.24) is 53.7 Å². The molecule has 11 heterocycles. The Bertz CT molecular complexity index is 5010. The molecule has 4 unspecified atom stereocenters. The summed E-state index contributed by atoms with van der Waals surface area (Å²) in [5.41, 5.74) is -5.13. The summed E-state index contributed by atoms with van der Waals surface area (Å²) in [4.78, 5) is 97.7. The van der Waals surface area contributed by atoms with E-state index in [4.69, 9.17) is 5.11 Å². The van der Waals surface area contributed by atoms with Gasteiger partial charge in [-0.2, -0.15) is 52.7 Å². The van der Waals surface area contributed by atoms with Crippen LogP contribution in [0.2, 0.25) is 0 Å². The van der Waals surface area contributed by atoms with Crippen molar-refractivity contribution >= 4 is 51.1 Å². The maximum atomic E-state index is 14.8. The third-order valence-corrected chi connectivity index (χ3v) is 20.2. The number of aryl methyl sites for hydroxylation is 2. The smallest absolute Gasteiger partial charge is 0.391 e. The maximum absolute atomic E-state index is 14.8. The van der Waals surface area contributed by atoms with E-state index in [1.165, 1.54) is 73.9 Å². The summed E-state index contributed by atoms with van der Waals surface area (Å²) >= 11 is 3.10. The Balaban J connectivity index is 0.000000218. The topological polar surface area (TPSA) is 285 Å². The Morgan fingerprint density at radius 3 is 1.00 bits per heavy atom. The van der Waals surface area contributed by atoms with Gasteiger partial charge in [0, 0.05) is 125 Å². The lowest BCUT2D eigenvalue weighted by molar-refractivity contribution is -0.142. The van der Waals surface area contributed by atoms with Crippen LogP contribution in [0.5, 0.6) is 0 Å². The molecule has 23 nitrogen and oxygen atoms in total. The second kappa shape index (κ2) is 41.4. The lowest BCUT2D eigenvalue weighted by atomic mass is 9.86. The third kappa shape index (κ3) is 29.2. The molecular weight excluding hydrogens is 1770 g/mol. The monoisotopic (exact) mass is 1850 g/mol. The zero-order valence-electron chi connectivity index (χ0n) is 65.4. The van der Waals surface area contributed by atoms with Crippen molar-refractivity contribution < 1.29 is 126 Å². The van der Waals surface area contributed by atoms with Gasteiger partial charge in [0.05, 0.1) is 72.4 Å². The molecular formula is C76H82BrF23N14O9. The molecule has 3 amide bonds. The number of amides is 3. The van der Waals surface area contributed by atoms with Gasteiger partial charge in [-0.05, 0) is 118 Å². The second-order valence-corrected chi connectivity index (χ2v) is 30.6. The molecule has 4 fully saturated rings. The molecule has 0 saturated carbocycles. The largest absolute Gasteiger partial charge is 0.406 e. The lowest BCUT2D eigenvalue weighted by Gasteiger charge is -2.41. The number of halogens is 24. The van der Waals surface area contributed by atoms with E-state index in [1.54, 1.807) is 6.92 Å². The van der Waals surface area contributed by atoms with E-state index >= 15 is 0 Å². The van der Waals surface area contributed by atoms with Crippen molar-refractivity contribution in [2.75, 3.05) is 68.3 Å². The molecule has 0 bridgehead atoms. The highest BCUT2D eigenvalue weighted by atomic mass is 79.9. The molecule has 11 rings (SSSR count). The number of hydrogen-bond acceptors (Lipinski definition) is 16. The maximum Gasteiger partial charge on any atom is 0.406 e. The number of pyridine rings is 7. The quantitative estimate of drug-likeness (QED) is 0.0310. The number of carbonyl (C=O) groups excluding carboxylic acids is 3. The Kier molecular flexibility index (Phi) is 33.8. The zero-order valence-corrected chi connectivity index (χ0v) is 67.0. The SMILES string of the molecule is C[C@@H](Br)C(=O)Nc1ccc(F)cn1.C[C@@H](C(=O)Nc1ccc(F)cn1)N1CCC(F)(F)C(c2cc(CO)c(=O)n(CC(F)(F)F)c2)C1.Cc1cc(C2CN([C@@H](C)C(=O)Nc3ccc(F)cn3)CCC2(F)F)cn(CC(F)(F)F)c1=O.Cc1cc(C2CNCCC2(F)F)cn(CC(F)(F)F)c1=O.O=c1c(CO)cc(C2CNCCC2(F)F)cn1CC(F)(F)F. The summed E-state index contributed by atoms with van der Waals surface area (Å²) in [5, 5.41) is 31.5. The van der Waals surface area contributed by atoms with E-state index in [-0.39, 0.29) is 118 Å². The summed E-state index contributed by atoms with van der Waals surface area (Å²) in [6, 6.07) is 9.96. The summed E-state index contributed by atoms with van der Waals surface area (Å²) in [7, 11) is 0. The molecule has 0 aliphatic carbocycles. The number of aliphatic hydroxyl groups is 2. The van der Waals surface area contributed by atoms with Crippen LogP contribution < -0.4 is 48.8 Å². The van der Waals surface area contributed by atoms with E-state index < -0.39 is 206 Å². The van der Waals surface area contributed by atoms with Crippen LogP contribution in [-0.2, 0) is 53.8 Å². The van der Waals surface area contributed by atoms with Gasteiger partial charge in [0.15, 0.2) is 0 Å². The number of aliphatic hydroxyl groups excluding tert-OH is 2. The molecule has 0 spiro atoms. The molecule has 4 saturated heterocycles. The van der Waals surface area contributed by atoms with Gasteiger partial charge in [-0.15, -0.1) is 0 Å². The number of likely N-dealkylation sites (tertiary alicyclic amines) is 2. The van der Waals surface area contributed by atoms with Gasteiger partial charge >= 0.3 is 24.7 Å². The normalized spacial score (nSPS) is 19.7. The van der Waals surface area contributed by atoms with Crippen LogP contribution >= 0.6 is 15.9 Å². The molecule has 7 aromatic heterocycles. The number of aromatic nitrogens is 7. The number of alkyl halides is 21. The number of nitrogens with one attached hydrogen (secondary N) is 5. The van der Waals surface area contributed by atoms with Gasteiger partial charge in [-0.25, -0.2) is 63.2 Å². The van der Waals surface area contributed by atoms with E-state index in [9.17, 15) is 140 Å². The van der Waals surface area contributed by atoms with Gasteiger partial charge in [0.1, 0.15) is 61.1 Å². The van der Waals surface area contributed by atoms with E-state index in [1.807, 2.05) is 0 Å². The van der Waals surface area contributed by atoms with Crippen LogP contribution in [0.3, 0.4) is 0 Å². The van der Waals surface area contributed by atoms with Crippen LogP contribution in [0.25, 0.3) is 0 Å². The first-order chi connectivity index (χ1) is 56.9. The first-order valence-electron chi connectivity index (χ1n) is 37.1. The molecule has 7 aromatic rings. The van der Waals surface area contributed by atoms with Crippen molar-refractivity contribution in [1.29, 1.82) is 0 Å². The van der Waals surface area contributed by atoms with Gasteiger partial charge < -0.3 is 55.1 Å². The fraction of sp³-hybridized carbons (Fsp3) is 0.500. The summed E-state index contributed by atoms with van der Waals surface area (Å²) in [6.07, 6.45) is -14.7. The minimum Gasteiger partial charge on any atom is -0.391 e. The third-order valence-electron chi connectivity index (χ3n) is 19.7. The molecule has 123 heavy (non-hydrogen) atoms. The van der Waals surface area contributed by atoms with Crippen LogP contribution in [0, 0.1) is 31.3 Å². The van der Waals surface area contributed by atoms with Crippen LogP contribution in [0.1, 0.15) is 115 Å². The van der Waals surface area contributed by atoms with Crippen molar-refractivity contribution in [3.63, 3.8) is 0 Å². The van der Waals surface area contributed by atoms with E-state index in [0.29, 0.717) is 19.5 Å².